The average Bonchev–Trinajstić information content (AvgIpc) is 2.29. The van der Waals surface area contributed by atoms with Gasteiger partial charge in [0.15, 0.2) is 0 Å². The Kier molecular flexibility index (Phi) is 3.49. The summed E-state index contributed by atoms with van der Waals surface area (Å²) in [6.07, 6.45) is 5.85. The van der Waals surface area contributed by atoms with Gasteiger partial charge < -0.3 is 0 Å². The van der Waals surface area contributed by atoms with Crippen molar-refractivity contribution in [3.63, 3.8) is 0 Å². The zero-order valence-corrected chi connectivity index (χ0v) is 8.45. The number of piperidine rings is 1. The van der Waals surface area contributed by atoms with Gasteiger partial charge in [0.25, 0.3) is 0 Å². The molecule has 1 aliphatic rings. The van der Waals surface area contributed by atoms with Crippen molar-refractivity contribution >= 4 is 0 Å². The second kappa shape index (κ2) is 5.08. The van der Waals surface area contributed by atoms with Crippen molar-refractivity contribution in [1.82, 2.24) is 15.4 Å². The van der Waals surface area contributed by atoms with Gasteiger partial charge in [-0.3, -0.25) is 4.98 Å². The van der Waals surface area contributed by atoms with Crippen LogP contribution in [0, 0.1) is 0 Å². The van der Waals surface area contributed by atoms with Gasteiger partial charge in [-0.05, 0) is 25.0 Å². The summed E-state index contributed by atoms with van der Waals surface area (Å²) in [5.41, 5.74) is 4.52. The first-order chi connectivity index (χ1) is 6.95. The lowest BCUT2D eigenvalue weighted by Crippen LogP contribution is -2.41. The maximum absolute atomic E-state index is 4.27. The van der Waals surface area contributed by atoms with Gasteiger partial charge in [0.1, 0.15) is 0 Å². The molecule has 0 aliphatic carbocycles. The molecule has 0 aromatic carbocycles. The van der Waals surface area contributed by atoms with Crippen LogP contribution in [0.25, 0.3) is 0 Å². The number of hydrogen-bond donors (Lipinski definition) is 1. The summed E-state index contributed by atoms with van der Waals surface area (Å²) in [5, 5.41) is 2.30. The molecule has 1 aromatic heterocycles. The molecular weight excluding hydrogens is 174 g/mol. The lowest BCUT2D eigenvalue weighted by Gasteiger charge is -2.26. The third-order valence-electron chi connectivity index (χ3n) is 2.57. The molecule has 0 saturated carbocycles. The lowest BCUT2D eigenvalue weighted by atomic mass is 10.2. The molecule has 1 aromatic rings. The number of hydrazine groups is 1. The predicted molar refractivity (Wildman–Crippen MR) is 56.5 cm³/mol. The Hall–Kier alpha value is -0.930. The predicted octanol–water partition coefficient (Wildman–Crippen LogP) is 1.57. The van der Waals surface area contributed by atoms with E-state index in [0.717, 1.165) is 12.2 Å². The van der Waals surface area contributed by atoms with E-state index in [2.05, 4.69) is 21.5 Å². The monoisotopic (exact) mass is 191 g/mol. The van der Waals surface area contributed by atoms with Crippen molar-refractivity contribution in [2.75, 3.05) is 13.1 Å². The van der Waals surface area contributed by atoms with Crippen LogP contribution in [0.4, 0.5) is 0 Å². The van der Waals surface area contributed by atoms with Crippen LogP contribution in [0.15, 0.2) is 24.4 Å². The number of hydrogen-bond acceptors (Lipinski definition) is 3. The first-order valence-electron chi connectivity index (χ1n) is 5.33. The smallest absolute Gasteiger partial charge is 0.0555 e. The van der Waals surface area contributed by atoms with E-state index < -0.39 is 0 Å². The minimum absolute atomic E-state index is 0.848. The minimum atomic E-state index is 0.848. The molecule has 1 aliphatic heterocycles. The quantitative estimate of drug-likeness (QED) is 0.786. The Morgan fingerprint density at radius 3 is 2.79 bits per heavy atom. The van der Waals surface area contributed by atoms with Crippen LogP contribution < -0.4 is 5.43 Å². The maximum atomic E-state index is 4.27. The molecule has 1 saturated heterocycles. The second-order valence-corrected chi connectivity index (χ2v) is 3.70. The van der Waals surface area contributed by atoms with Crippen LogP contribution in [0.1, 0.15) is 25.0 Å². The van der Waals surface area contributed by atoms with E-state index in [1.165, 1.54) is 32.4 Å². The van der Waals surface area contributed by atoms with Crippen molar-refractivity contribution in [1.29, 1.82) is 0 Å². The molecule has 0 atom stereocenters. The molecule has 3 nitrogen and oxygen atoms in total. The van der Waals surface area contributed by atoms with Crippen LogP contribution in [-0.4, -0.2) is 23.1 Å². The average molecular weight is 191 g/mol. The van der Waals surface area contributed by atoms with E-state index in [1.807, 2.05) is 18.3 Å². The summed E-state index contributed by atoms with van der Waals surface area (Å²) in [7, 11) is 0. The first kappa shape index (κ1) is 9.62. The molecule has 0 bridgehead atoms. The van der Waals surface area contributed by atoms with E-state index in [0.29, 0.717) is 0 Å². The van der Waals surface area contributed by atoms with E-state index in [-0.39, 0.29) is 0 Å². The van der Waals surface area contributed by atoms with Gasteiger partial charge in [0, 0.05) is 19.3 Å². The highest BCUT2D eigenvalue weighted by Gasteiger charge is 2.08. The Morgan fingerprint density at radius 1 is 1.21 bits per heavy atom. The molecule has 76 valence electrons. The molecule has 2 rings (SSSR count). The number of aromatic nitrogens is 1. The topological polar surface area (TPSA) is 28.2 Å². The van der Waals surface area contributed by atoms with Gasteiger partial charge in [0.05, 0.1) is 12.2 Å². The van der Waals surface area contributed by atoms with Gasteiger partial charge in [-0.2, -0.15) is 0 Å². The molecular formula is C11H17N3. The van der Waals surface area contributed by atoms with Crippen LogP contribution in [-0.2, 0) is 6.54 Å². The standard InChI is InChI=1S/C11H17N3/c1-4-8-14(9-5-1)13-10-11-6-2-3-7-12-11/h2-3,6-7,13H,1,4-5,8-10H2. The molecule has 1 N–H and O–H groups in total. The van der Waals surface area contributed by atoms with E-state index in [9.17, 15) is 0 Å². The first-order valence-corrected chi connectivity index (χ1v) is 5.33. The Balaban J connectivity index is 1.76. The fourth-order valence-corrected chi connectivity index (χ4v) is 1.75. The highest BCUT2D eigenvalue weighted by Crippen LogP contribution is 2.06. The fraction of sp³-hybridized carbons (Fsp3) is 0.545. The molecule has 2 heterocycles. The Bertz CT molecular complexity index is 254. The van der Waals surface area contributed by atoms with Crippen LogP contribution in [0.5, 0.6) is 0 Å². The van der Waals surface area contributed by atoms with E-state index in [4.69, 9.17) is 0 Å². The van der Waals surface area contributed by atoms with Crippen molar-refractivity contribution < 1.29 is 0 Å². The van der Waals surface area contributed by atoms with Crippen LogP contribution in [0.2, 0.25) is 0 Å². The van der Waals surface area contributed by atoms with Crippen LogP contribution in [0.3, 0.4) is 0 Å². The van der Waals surface area contributed by atoms with Crippen molar-refractivity contribution in [2.45, 2.75) is 25.8 Å². The van der Waals surface area contributed by atoms with Crippen molar-refractivity contribution in [3.05, 3.63) is 30.1 Å². The lowest BCUT2D eigenvalue weighted by molar-refractivity contribution is 0.150. The van der Waals surface area contributed by atoms with Crippen molar-refractivity contribution in [3.8, 4) is 0 Å². The SMILES string of the molecule is c1ccc(CNN2CCCCC2)nc1. The molecule has 0 unspecified atom stereocenters. The fourth-order valence-electron chi connectivity index (χ4n) is 1.75. The zero-order valence-electron chi connectivity index (χ0n) is 8.45. The number of rotatable bonds is 3. The summed E-state index contributed by atoms with van der Waals surface area (Å²) < 4.78 is 0. The summed E-state index contributed by atoms with van der Waals surface area (Å²) >= 11 is 0. The van der Waals surface area contributed by atoms with Gasteiger partial charge in [0.2, 0.25) is 0 Å². The summed E-state index contributed by atoms with van der Waals surface area (Å²) in [6, 6.07) is 6.03. The second-order valence-electron chi connectivity index (χ2n) is 3.70. The van der Waals surface area contributed by atoms with E-state index in [1.54, 1.807) is 0 Å². The number of nitrogens with zero attached hydrogens (tertiary/aromatic N) is 2. The largest absolute Gasteiger partial charge is 0.260 e. The molecule has 0 amide bonds. The van der Waals surface area contributed by atoms with Gasteiger partial charge in [-0.1, -0.05) is 12.5 Å². The van der Waals surface area contributed by atoms with Gasteiger partial charge >= 0.3 is 0 Å². The summed E-state index contributed by atoms with van der Waals surface area (Å²) in [5.74, 6) is 0. The minimum Gasteiger partial charge on any atom is -0.260 e. The zero-order chi connectivity index (χ0) is 9.64. The third-order valence-corrected chi connectivity index (χ3v) is 2.57. The molecule has 3 heteroatoms. The summed E-state index contributed by atoms with van der Waals surface area (Å²) in [4.78, 5) is 4.27. The third kappa shape index (κ3) is 2.79. The highest BCUT2D eigenvalue weighted by atomic mass is 15.5. The summed E-state index contributed by atoms with van der Waals surface area (Å²) in [6.45, 7) is 3.19. The normalized spacial score (nSPS) is 18.3. The molecule has 1 fully saturated rings. The van der Waals surface area contributed by atoms with Gasteiger partial charge in [-0.15, -0.1) is 0 Å². The number of pyridine rings is 1. The highest BCUT2D eigenvalue weighted by molar-refractivity contribution is 5.02. The van der Waals surface area contributed by atoms with Crippen LogP contribution >= 0.6 is 0 Å². The molecule has 14 heavy (non-hydrogen) atoms. The maximum Gasteiger partial charge on any atom is 0.0555 e. The number of nitrogens with one attached hydrogen (secondary N) is 1. The Morgan fingerprint density at radius 2 is 2.07 bits per heavy atom. The molecule has 0 spiro atoms. The molecule has 0 radical (unpaired) electrons. The van der Waals surface area contributed by atoms with Gasteiger partial charge in [-0.25, -0.2) is 10.4 Å². The van der Waals surface area contributed by atoms with Crippen molar-refractivity contribution in [2.24, 2.45) is 0 Å². The van der Waals surface area contributed by atoms with E-state index >= 15 is 0 Å². The Labute approximate surface area is 85.1 Å².